The molecule has 0 bridgehead atoms. The van der Waals surface area contributed by atoms with E-state index >= 15 is 0 Å². The van der Waals surface area contributed by atoms with E-state index in [1.54, 1.807) is 29.2 Å². The lowest BCUT2D eigenvalue weighted by Gasteiger charge is -2.18. The van der Waals surface area contributed by atoms with E-state index in [2.05, 4.69) is 25.9 Å². The number of aliphatic hydroxyl groups excluding tert-OH is 1. The number of aliphatic hydroxyl groups is 1. The molecule has 1 unspecified atom stereocenters. The van der Waals surface area contributed by atoms with Gasteiger partial charge in [-0.05, 0) is 37.1 Å². The fourth-order valence-corrected chi connectivity index (χ4v) is 3.70. The summed E-state index contributed by atoms with van der Waals surface area (Å²) in [4.78, 5) is 34.6. The Hall–Kier alpha value is -4.18. The van der Waals surface area contributed by atoms with Crippen LogP contribution in [0.25, 0.3) is 0 Å². The Labute approximate surface area is 197 Å². The highest BCUT2D eigenvalue weighted by Gasteiger charge is 2.24. The van der Waals surface area contributed by atoms with Gasteiger partial charge in [0.25, 0.3) is 5.91 Å². The summed E-state index contributed by atoms with van der Waals surface area (Å²) >= 11 is 0. The second-order valence-electron chi connectivity index (χ2n) is 8.12. The molecule has 1 aliphatic rings. The van der Waals surface area contributed by atoms with Crippen molar-refractivity contribution in [2.45, 2.75) is 25.5 Å². The van der Waals surface area contributed by atoms with Crippen molar-refractivity contribution in [3.8, 4) is 0 Å². The highest BCUT2D eigenvalue weighted by Crippen LogP contribution is 2.24. The third kappa shape index (κ3) is 5.59. The zero-order valence-electron chi connectivity index (χ0n) is 18.7. The van der Waals surface area contributed by atoms with Gasteiger partial charge in [-0.3, -0.25) is 4.79 Å². The first-order valence-electron chi connectivity index (χ1n) is 11.0. The Kier molecular flexibility index (Phi) is 6.88. The van der Waals surface area contributed by atoms with Crippen molar-refractivity contribution in [2.24, 2.45) is 5.73 Å². The fourth-order valence-electron chi connectivity index (χ4n) is 3.70. The zero-order chi connectivity index (χ0) is 24.1. The van der Waals surface area contributed by atoms with Gasteiger partial charge >= 0.3 is 6.03 Å². The first-order chi connectivity index (χ1) is 16.4. The largest absolute Gasteiger partial charge is 0.391 e. The Morgan fingerprint density at radius 3 is 2.62 bits per heavy atom. The topological polar surface area (TPSA) is 146 Å². The average molecular weight is 462 g/mol. The summed E-state index contributed by atoms with van der Waals surface area (Å²) in [6.45, 7) is 2.80. The molecule has 0 spiro atoms. The van der Waals surface area contributed by atoms with E-state index < -0.39 is 12.0 Å². The first kappa shape index (κ1) is 23.0. The molecule has 2 heterocycles. The second kappa shape index (κ2) is 10.2. The lowest BCUT2D eigenvalue weighted by Crippen LogP contribution is -2.33. The second-order valence-corrected chi connectivity index (χ2v) is 8.12. The normalized spacial score (nSPS) is 16.1. The minimum atomic E-state index is -0.633. The maximum atomic E-state index is 12.4. The van der Waals surface area contributed by atoms with Crippen LogP contribution in [0.3, 0.4) is 0 Å². The number of nitrogens with two attached hydrogens (primary N) is 1. The average Bonchev–Trinajstić information content (AvgIpc) is 3.26. The molecule has 0 saturated carbocycles. The first-order valence-corrected chi connectivity index (χ1v) is 11.0. The van der Waals surface area contributed by atoms with Gasteiger partial charge in [0, 0.05) is 36.7 Å². The molecule has 2 aromatic carbocycles. The highest BCUT2D eigenvalue weighted by molar-refractivity contribution is 5.97. The monoisotopic (exact) mass is 461 g/mol. The quantitative estimate of drug-likeness (QED) is 0.363. The van der Waals surface area contributed by atoms with E-state index in [4.69, 9.17) is 5.73 Å². The van der Waals surface area contributed by atoms with Crippen molar-refractivity contribution >= 4 is 35.1 Å². The van der Waals surface area contributed by atoms with E-state index in [1.807, 2.05) is 37.3 Å². The number of urea groups is 1. The van der Waals surface area contributed by atoms with Crippen molar-refractivity contribution in [3.05, 3.63) is 71.9 Å². The third-order valence-corrected chi connectivity index (χ3v) is 5.53. The van der Waals surface area contributed by atoms with E-state index in [0.717, 1.165) is 5.56 Å². The Bertz CT molecular complexity index is 1170. The number of primary amides is 1. The van der Waals surface area contributed by atoms with Gasteiger partial charge in [0.1, 0.15) is 5.82 Å². The number of hydrogen-bond acceptors (Lipinski definition) is 7. The zero-order valence-corrected chi connectivity index (χ0v) is 18.7. The molecule has 10 nitrogen and oxygen atoms in total. The molecule has 3 aromatic rings. The maximum Gasteiger partial charge on any atom is 0.321 e. The minimum absolute atomic E-state index is 0.121. The molecule has 1 aromatic heterocycles. The molecule has 0 radical (unpaired) electrons. The molecule has 4 rings (SSSR count). The molecule has 6 N–H and O–H groups in total. The predicted molar refractivity (Wildman–Crippen MR) is 130 cm³/mol. The van der Waals surface area contributed by atoms with Gasteiger partial charge in [0.05, 0.1) is 11.7 Å². The Morgan fingerprint density at radius 1 is 1.15 bits per heavy atom. The third-order valence-electron chi connectivity index (χ3n) is 5.53. The molecule has 176 valence electrons. The number of nitrogens with one attached hydrogen (secondary N) is 3. The van der Waals surface area contributed by atoms with Crippen molar-refractivity contribution in [1.29, 1.82) is 0 Å². The molecular formula is C24H27N7O3. The van der Waals surface area contributed by atoms with Crippen molar-refractivity contribution in [3.63, 3.8) is 0 Å². The maximum absolute atomic E-state index is 12.4. The summed E-state index contributed by atoms with van der Waals surface area (Å²) < 4.78 is 0. The van der Waals surface area contributed by atoms with E-state index in [0.29, 0.717) is 36.7 Å². The smallest absolute Gasteiger partial charge is 0.321 e. The van der Waals surface area contributed by atoms with Crippen LogP contribution in [0.1, 0.15) is 35.3 Å². The number of likely N-dealkylation sites (tertiary alicyclic amines) is 1. The molecule has 1 saturated heterocycles. The molecule has 10 heteroatoms. The van der Waals surface area contributed by atoms with Gasteiger partial charge in [-0.1, -0.05) is 36.4 Å². The van der Waals surface area contributed by atoms with Crippen molar-refractivity contribution < 1.29 is 14.7 Å². The lowest BCUT2D eigenvalue weighted by atomic mass is 10.1. The number of hydrogen-bond donors (Lipinski definition) is 5. The number of rotatable bonds is 7. The molecule has 1 aliphatic heterocycles. The van der Waals surface area contributed by atoms with Crippen LogP contribution in [-0.4, -0.2) is 51.1 Å². The highest BCUT2D eigenvalue weighted by atomic mass is 16.3. The summed E-state index contributed by atoms with van der Waals surface area (Å²) in [6.07, 6.45) is 1.47. The number of nitrogens with zero attached hydrogens (tertiary/aromatic N) is 3. The SMILES string of the molecule is C[C@@H](Nc1nc(Nc2cccc(NC(=O)N3CCC(O)C3)c2)ncc1C(N)=O)c1ccccc1. The Morgan fingerprint density at radius 2 is 1.91 bits per heavy atom. The van der Waals surface area contributed by atoms with Gasteiger partial charge in [-0.25, -0.2) is 9.78 Å². The fraction of sp³-hybridized carbons (Fsp3) is 0.250. The van der Waals surface area contributed by atoms with E-state index in [9.17, 15) is 14.7 Å². The lowest BCUT2D eigenvalue weighted by molar-refractivity contribution is 0.100. The van der Waals surface area contributed by atoms with E-state index in [-0.39, 0.29) is 23.6 Å². The van der Waals surface area contributed by atoms with Crippen LogP contribution in [-0.2, 0) is 0 Å². The number of benzene rings is 2. The summed E-state index contributed by atoms with van der Waals surface area (Å²) in [5.41, 5.74) is 7.96. The van der Waals surface area contributed by atoms with Crippen LogP contribution in [0.15, 0.2) is 60.8 Å². The summed E-state index contributed by atoms with van der Waals surface area (Å²) in [5, 5.41) is 18.8. The van der Waals surface area contributed by atoms with Gasteiger partial charge in [0.15, 0.2) is 0 Å². The Balaban J connectivity index is 1.49. The summed E-state index contributed by atoms with van der Waals surface area (Å²) in [6, 6.07) is 16.5. The van der Waals surface area contributed by atoms with E-state index in [1.165, 1.54) is 6.20 Å². The summed E-state index contributed by atoms with van der Waals surface area (Å²) in [7, 11) is 0. The molecule has 34 heavy (non-hydrogen) atoms. The van der Waals surface area contributed by atoms with Gasteiger partial charge in [-0.15, -0.1) is 0 Å². The van der Waals surface area contributed by atoms with Crippen LogP contribution in [0, 0.1) is 0 Å². The van der Waals surface area contributed by atoms with Crippen LogP contribution < -0.4 is 21.7 Å². The predicted octanol–water partition coefficient (Wildman–Crippen LogP) is 3.09. The number of aromatic nitrogens is 2. The van der Waals surface area contributed by atoms with Crippen LogP contribution >= 0.6 is 0 Å². The minimum Gasteiger partial charge on any atom is -0.391 e. The van der Waals surface area contributed by atoms with Crippen molar-refractivity contribution in [2.75, 3.05) is 29.0 Å². The number of carbonyl (C=O) groups excluding carboxylic acids is 2. The van der Waals surface area contributed by atoms with Gasteiger partial charge in [0.2, 0.25) is 5.95 Å². The number of carbonyl (C=O) groups is 2. The van der Waals surface area contributed by atoms with Gasteiger partial charge in [-0.2, -0.15) is 4.98 Å². The number of β-amino-alcohol motifs (C(OH)–C–C–N with tert-alkyl or cyclic N) is 1. The molecule has 2 atom stereocenters. The van der Waals surface area contributed by atoms with Crippen LogP contribution in [0.5, 0.6) is 0 Å². The molecule has 0 aliphatic carbocycles. The van der Waals surface area contributed by atoms with Crippen molar-refractivity contribution in [1.82, 2.24) is 14.9 Å². The summed E-state index contributed by atoms with van der Waals surface area (Å²) in [5.74, 6) is -0.0524. The molecular weight excluding hydrogens is 434 g/mol. The van der Waals surface area contributed by atoms with Crippen LogP contribution in [0.4, 0.5) is 27.9 Å². The number of amides is 3. The van der Waals surface area contributed by atoms with Gasteiger partial charge < -0.3 is 31.7 Å². The molecule has 1 fully saturated rings. The van der Waals surface area contributed by atoms with Crippen LogP contribution in [0.2, 0.25) is 0 Å². The molecule has 3 amide bonds. The number of anilines is 4. The standard InChI is InChI=1S/C24H27N7O3/c1-15(16-6-3-2-4-7-16)27-22-20(21(25)33)13-26-23(30-22)28-17-8-5-9-18(12-17)29-24(34)31-11-10-19(32)14-31/h2-9,12-13,15,19,32H,10-11,14H2,1H3,(H2,25,33)(H,29,34)(H2,26,27,28,30)/t15-,19?/m1/s1.